The minimum absolute atomic E-state index is 0. The fourth-order valence-corrected chi connectivity index (χ4v) is 4.85. The molecule has 0 bridgehead atoms. The van der Waals surface area contributed by atoms with Crippen LogP contribution in [0.3, 0.4) is 0 Å². The Morgan fingerprint density at radius 2 is 2.00 bits per heavy atom. The average Bonchev–Trinajstić information content (AvgIpc) is 3.08. The lowest BCUT2D eigenvalue weighted by Crippen LogP contribution is -2.49. The maximum Gasteiger partial charge on any atom is 0.235 e. The Morgan fingerprint density at radius 1 is 1.28 bits per heavy atom. The zero-order valence-electron chi connectivity index (χ0n) is 14.2. The van der Waals surface area contributed by atoms with Crippen molar-refractivity contribution in [3.05, 3.63) is 28.2 Å². The van der Waals surface area contributed by atoms with Crippen molar-refractivity contribution in [2.75, 3.05) is 39.3 Å². The largest absolute Gasteiger partial charge is 0.340 e. The summed E-state index contributed by atoms with van der Waals surface area (Å²) in [5.41, 5.74) is 0. The van der Waals surface area contributed by atoms with Crippen LogP contribution in [0.1, 0.15) is 13.3 Å². The van der Waals surface area contributed by atoms with E-state index in [1.54, 1.807) is 12.1 Å². The van der Waals surface area contributed by atoms with E-state index in [4.69, 9.17) is 23.2 Å². The van der Waals surface area contributed by atoms with Crippen LogP contribution in [0.5, 0.6) is 0 Å². The first-order chi connectivity index (χ1) is 11.5. The normalized spacial score (nSPS) is 22.5. The van der Waals surface area contributed by atoms with Gasteiger partial charge in [0.2, 0.25) is 5.91 Å². The van der Waals surface area contributed by atoms with Crippen molar-refractivity contribution < 1.29 is 4.79 Å². The number of benzene rings is 1. The lowest BCUT2D eigenvalue weighted by atomic mass is 10.2. The van der Waals surface area contributed by atoms with Crippen LogP contribution in [-0.2, 0) is 4.79 Å². The van der Waals surface area contributed by atoms with Crippen molar-refractivity contribution in [3.63, 3.8) is 0 Å². The van der Waals surface area contributed by atoms with Gasteiger partial charge in [-0.2, -0.15) is 0 Å². The fourth-order valence-electron chi connectivity index (χ4n) is 3.35. The molecule has 3 rings (SSSR count). The van der Waals surface area contributed by atoms with Gasteiger partial charge in [-0.05, 0) is 31.5 Å². The maximum atomic E-state index is 12.8. The van der Waals surface area contributed by atoms with E-state index in [1.165, 1.54) is 11.8 Å². The third-order valence-corrected chi connectivity index (χ3v) is 6.51. The van der Waals surface area contributed by atoms with Gasteiger partial charge in [0.05, 0.1) is 10.3 Å². The van der Waals surface area contributed by atoms with Crippen molar-refractivity contribution in [2.24, 2.45) is 0 Å². The number of hydrogen-bond acceptors (Lipinski definition) is 4. The molecule has 2 aliphatic heterocycles. The molecule has 0 aliphatic carbocycles. The van der Waals surface area contributed by atoms with E-state index in [-0.39, 0.29) is 23.6 Å². The highest BCUT2D eigenvalue weighted by molar-refractivity contribution is 8.00. The van der Waals surface area contributed by atoms with E-state index in [1.807, 2.05) is 17.9 Å². The molecule has 1 amide bonds. The number of hydrogen-bond donors (Lipinski definition) is 1. The SMILES string of the molecule is CC(Sc1cc(Cl)ccc1Cl)C(=O)N1CCC(N2CCNCC2)C1.Cl. The topological polar surface area (TPSA) is 35.6 Å². The van der Waals surface area contributed by atoms with Crippen LogP contribution < -0.4 is 5.32 Å². The number of likely N-dealkylation sites (tertiary alicyclic amines) is 1. The molecule has 2 aliphatic rings. The molecule has 0 aromatic heterocycles. The zero-order valence-corrected chi connectivity index (χ0v) is 17.4. The van der Waals surface area contributed by atoms with E-state index in [0.717, 1.165) is 50.6 Å². The van der Waals surface area contributed by atoms with Gasteiger partial charge in [-0.15, -0.1) is 24.2 Å². The smallest absolute Gasteiger partial charge is 0.235 e. The van der Waals surface area contributed by atoms with Crippen LogP contribution in [0.15, 0.2) is 23.1 Å². The van der Waals surface area contributed by atoms with E-state index in [2.05, 4.69) is 10.2 Å². The molecule has 4 nitrogen and oxygen atoms in total. The first-order valence-corrected chi connectivity index (χ1v) is 10.0. The number of carbonyl (C=O) groups excluding carboxylic acids is 1. The minimum Gasteiger partial charge on any atom is -0.340 e. The number of carbonyl (C=O) groups is 1. The van der Waals surface area contributed by atoms with Crippen LogP contribution in [0.25, 0.3) is 0 Å². The monoisotopic (exact) mass is 423 g/mol. The Kier molecular flexibility index (Phi) is 8.18. The Hall–Kier alpha value is -0.170. The van der Waals surface area contributed by atoms with Gasteiger partial charge in [0.1, 0.15) is 0 Å². The summed E-state index contributed by atoms with van der Waals surface area (Å²) in [4.78, 5) is 18.1. The number of nitrogens with one attached hydrogen (secondary N) is 1. The van der Waals surface area contributed by atoms with Crippen molar-refractivity contribution >= 4 is 53.3 Å². The summed E-state index contributed by atoms with van der Waals surface area (Å²) in [6.45, 7) is 7.88. The highest BCUT2D eigenvalue weighted by Crippen LogP contribution is 2.33. The summed E-state index contributed by atoms with van der Waals surface area (Å²) in [5.74, 6) is 0.189. The lowest BCUT2D eigenvalue weighted by Gasteiger charge is -2.32. The van der Waals surface area contributed by atoms with Crippen molar-refractivity contribution in [3.8, 4) is 0 Å². The number of thioether (sulfide) groups is 1. The average molecular weight is 425 g/mol. The van der Waals surface area contributed by atoms with Gasteiger partial charge in [-0.3, -0.25) is 9.69 Å². The quantitative estimate of drug-likeness (QED) is 0.751. The predicted molar refractivity (Wildman–Crippen MR) is 108 cm³/mol. The Morgan fingerprint density at radius 3 is 2.72 bits per heavy atom. The molecule has 2 heterocycles. The Balaban J connectivity index is 0.00000225. The number of rotatable bonds is 4. The summed E-state index contributed by atoms with van der Waals surface area (Å²) in [7, 11) is 0. The Bertz CT molecular complexity index is 599. The highest BCUT2D eigenvalue weighted by atomic mass is 35.5. The fraction of sp³-hybridized carbons (Fsp3) is 0.588. The standard InChI is InChI=1S/C17H23Cl2N3OS.ClH/c1-12(24-16-10-13(18)2-3-15(16)19)17(23)22-7-4-14(11-22)21-8-5-20-6-9-21;/h2-3,10,12,14,20H,4-9,11H2,1H3;1H. The van der Waals surface area contributed by atoms with Crippen LogP contribution in [-0.4, -0.2) is 66.3 Å². The van der Waals surface area contributed by atoms with Crippen LogP contribution in [0.4, 0.5) is 0 Å². The molecule has 2 saturated heterocycles. The molecule has 1 N–H and O–H groups in total. The number of halogens is 3. The van der Waals surface area contributed by atoms with Crippen molar-refractivity contribution in [1.82, 2.24) is 15.1 Å². The highest BCUT2D eigenvalue weighted by Gasteiger charge is 2.33. The van der Waals surface area contributed by atoms with E-state index in [9.17, 15) is 4.79 Å². The van der Waals surface area contributed by atoms with Gasteiger partial charge in [0, 0.05) is 55.2 Å². The molecule has 25 heavy (non-hydrogen) atoms. The van der Waals surface area contributed by atoms with Gasteiger partial charge in [-0.1, -0.05) is 23.2 Å². The number of nitrogens with zero attached hydrogens (tertiary/aromatic N) is 2. The maximum absolute atomic E-state index is 12.8. The van der Waals surface area contributed by atoms with Crippen molar-refractivity contribution in [2.45, 2.75) is 29.5 Å². The molecule has 8 heteroatoms. The molecule has 0 radical (unpaired) electrons. The van der Waals surface area contributed by atoms with Gasteiger partial charge in [-0.25, -0.2) is 0 Å². The summed E-state index contributed by atoms with van der Waals surface area (Å²) < 4.78 is 0. The van der Waals surface area contributed by atoms with Gasteiger partial charge < -0.3 is 10.2 Å². The molecule has 140 valence electrons. The van der Waals surface area contributed by atoms with Crippen LogP contribution in [0, 0.1) is 0 Å². The molecular formula is C17H24Cl3N3OS. The van der Waals surface area contributed by atoms with Gasteiger partial charge in [0.15, 0.2) is 0 Å². The third kappa shape index (κ3) is 5.41. The molecule has 2 unspecified atom stereocenters. The molecule has 1 aromatic rings. The summed E-state index contributed by atoms with van der Waals surface area (Å²) in [6.07, 6.45) is 1.07. The Labute approximate surface area is 170 Å². The molecular weight excluding hydrogens is 401 g/mol. The molecule has 2 atom stereocenters. The molecule has 2 fully saturated rings. The molecule has 0 saturated carbocycles. The van der Waals surface area contributed by atoms with Crippen LogP contribution >= 0.6 is 47.4 Å². The number of amides is 1. The first kappa shape index (κ1) is 21.1. The zero-order chi connectivity index (χ0) is 17.1. The predicted octanol–water partition coefficient (Wildman–Crippen LogP) is 3.40. The minimum atomic E-state index is -0.164. The second-order valence-electron chi connectivity index (χ2n) is 6.35. The van der Waals surface area contributed by atoms with E-state index < -0.39 is 0 Å². The second-order valence-corrected chi connectivity index (χ2v) is 8.57. The molecule has 0 spiro atoms. The van der Waals surface area contributed by atoms with E-state index in [0.29, 0.717) is 16.1 Å². The third-order valence-electron chi connectivity index (χ3n) is 4.69. The van der Waals surface area contributed by atoms with Crippen molar-refractivity contribution in [1.29, 1.82) is 0 Å². The van der Waals surface area contributed by atoms with Gasteiger partial charge >= 0.3 is 0 Å². The molecule has 1 aromatic carbocycles. The lowest BCUT2D eigenvalue weighted by molar-refractivity contribution is -0.129. The summed E-state index contributed by atoms with van der Waals surface area (Å²) in [5, 5.41) is 4.50. The van der Waals surface area contributed by atoms with E-state index >= 15 is 0 Å². The number of piperazine rings is 1. The van der Waals surface area contributed by atoms with Gasteiger partial charge in [0.25, 0.3) is 0 Å². The van der Waals surface area contributed by atoms with Crippen LogP contribution in [0.2, 0.25) is 10.0 Å². The second kappa shape index (κ2) is 9.67. The summed E-state index contributed by atoms with van der Waals surface area (Å²) >= 11 is 13.7. The first-order valence-electron chi connectivity index (χ1n) is 8.40. The summed E-state index contributed by atoms with van der Waals surface area (Å²) in [6, 6.07) is 5.87.